The standard InChI is InChI=1S/C9H14N4O3S2/c1-7(11-14)8-6-17-9(10-8)12-18(15,16)13-4-2-3-5-13/h6,14H,2-5H2,1H3,(H,10,12)/b11-7+. The lowest BCUT2D eigenvalue weighted by Gasteiger charge is -2.14. The number of rotatable bonds is 4. The number of anilines is 1. The lowest BCUT2D eigenvalue weighted by Crippen LogP contribution is -2.33. The molecule has 2 rings (SSSR count). The molecule has 1 aliphatic rings. The molecule has 7 nitrogen and oxygen atoms in total. The maximum absolute atomic E-state index is 12.0. The van der Waals surface area contributed by atoms with Gasteiger partial charge in [-0.2, -0.15) is 12.7 Å². The van der Waals surface area contributed by atoms with Gasteiger partial charge in [-0.15, -0.1) is 11.3 Å². The van der Waals surface area contributed by atoms with Gasteiger partial charge in [0.15, 0.2) is 5.13 Å². The third-order valence-corrected chi connectivity index (χ3v) is 5.03. The van der Waals surface area contributed by atoms with E-state index >= 15 is 0 Å². The van der Waals surface area contributed by atoms with Gasteiger partial charge in [0.05, 0.1) is 0 Å². The summed E-state index contributed by atoms with van der Waals surface area (Å²) >= 11 is 1.16. The Bertz CT molecular complexity index is 546. The molecule has 1 fully saturated rings. The zero-order valence-electron chi connectivity index (χ0n) is 9.83. The Morgan fingerprint density at radius 2 is 2.22 bits per heavy atom. The molecule has 2 heterocycles. The fourth-order valence-corrected chi connectivity index (χ4v) is 3.88. The van der Waals surface area contributed by atoms with E-state index in [2.05, 4.69) is 14.9 Å². The van der Waals surface area contributed by atoms with E-state index in [9.17, 15) is 8.42 Å². The topological polar surface area (TPSA) is 94.9 Å². The van der Waals surface area contributed by atoms with Crippen molar-refractivity contribution in [2.45, 2.75) is 19.8 Å². The second-order valence-corrected chi connectivity index (χ2v) is 6.47. The van der Waals surface area contributed by atoms with Crippen molar-refractivity contribution in [2.24, 2.45) is 5.16 Å². The third kappa shape index (κ3) is 2.79. The van der Waals surface area contributed by atoms with Crippen LogP contribution < -0.4 is 4.72 Å². The van der Waals surface area contributed by atoms with Crippen molar-refractivity contribution < 1.29 is 13.6 Å². The second-order valence-electron chi connectivity index (χ2n) is 3.94. The minimum atomic E-state index is -3.50. The molecule has 0 unspecified atom stereocenters. The lowest BCUT2D eigenvalue weighted by molar-refractivity contribution is 0.319. The van der Waals surface area contributed by atoms with Gasteiger partial charge < -0.3 is 5.21 Å². The summed E-state index contributed by atoms with van der Waals surface area (Å²) in [5.41, 5.74) is 0.805. The first-order chi connectivity index (χ1) is 8.53. The number of aromatic nitrogens is 1. The Morgan fingerprint density at radius 1 is 1.56 bits per heavy atom. The first-order valence-electron chi connectivity index (χ1n) is 5.45. The summed E-state index contributed by atoms with van der Waals surface area (Å²) < 4.78 is 27.7. The molecule has 0 spiro atoms. The molecule has 9 heteroatoms. The minimum Gasteiger partial charge on any atom is -0.411 e. The van der Waals surface area contributed by atoms with Crippen molar-refractivity contribution >= 4 is 32.4 Å². The van der Waals surface area contributed by atoms with E-state index in [0.29, 0.717) is 24.5 Å². The Kier molecular flexibility index (Phi) is 3.83. The van der Waals surface area contributed by atoms with E-state index in [1.165, 1.54) is 4.31 Å². The predicted octanol–water partition coefficient (Wildman–Crippen LogP) is 1.09. The minimum absolute atomic E-state index is 0.278. The Hall–Kier alpha value is -1.19. The van der Waals surface area contributed by atoms with Gasteiger partial charge >= 0.3 is 10.2 Å². The van der Waals surface area contributed by atoms with Crippen LogP contribution in [-0.2, 0) is 10.2 Å². The van der Waals surface area contributed by atoms with Crippen LogP contribution in [0, 0.1) is 0 Å². The van der Waals surface area contributed by atoms with E-state index in [4.69, 9.17) is 5.21 Å². The van der Waals surface area contributed by atoms with Crippen LogP contribution in [-0.4, -0.2) is 41.7 Å². The maximum Gasteiger partial charge on any atom is 0.303 e. The van der Waals surface area contributed by atoms with Crippen LogP contribution in [0.1, 0.15) is 25.5 Å². The number of nitrogens with zero attached hydrogens (tertiary/aromatic N) is 3. The molecule has 0 atom stereocenters. The molecule has 100 valence electrons. The normalized spacial score (nSPS) is 18.2. The zero-order chi connectivity index (χ0) is 13.2. The average molecular weight is 290 g/mol. The Balaban J connectivity index is 2.11. The smallest absolute Gasteiger partial charge is 0.303 e. The van der Waals surface area contributed by atoms with Crippen molar-refractivity contribution in [3.63, 3.8) is 0 Å². The average Bonchev–Trinajstić information content (AvgIpc) is 2.97. The van der Waals surface area contributed by atoms with Crippen LogP contribution >= 0.6 is 11.3 Å². The van der Waals surface area contributed by atoms with Crippen molar-refractivity contribution in [3.8, 4) is 0 Å². The van der Waals surface area contributed by atoms with E-state index in [-0.39, 0.29) is 5.13 Å². The van der Waals surface area contributed by atoms with Crippen LogP contribution in [0.25, 0.3) is 0 Å². The van der Waals surface area contributed by atoms with Crippen molar-refractivity contribution in [1.82, 2.24) is 9.29 Å². The van der Waals surface area contributed by atoms with Gasteiger partial charge in [0.1, 0.15) is 11.4 Å². The molecule has 1 aromatic rings. The molecular formula is C9H14N4O3S2. The summed E-state index contributed by atoms with van der Waals surface area (Å²) in [5, 5.41) is 13.5. The Labute approximate surface area is 109 Å². The molecule has 0 aromatic carbocycles. The third-order valence-electron chi connectivity index (χ3n) is 2.65. The van der Waals surface area contributed by atoms with Gasteiger partial charge in [-0.3, -0.25) is 0 Å². The van der Waals surface area contributed by atoms with Crippen molar-refractivity contribution in [3.05, 3.63) is 11.1 Å². The number of hydrogen-bond acceptors (Lipinski definition) is 6. The molecular weight excluding hydrogens is 276 g/mol. The molecule has 2 N–H and O–H groups in total. The summed E-state index contributed by atoms with van der Waals surface area (Å²) in [6, 6.07) is 0. The van der Waals surface area contributed by atoms with Gasteiger partial charge in [0.2, 0.25) is 0 Å². The molecule has 0 radical (unpaired) electrons. The van der Waals surface area contributed by atoms with Gasteiger partial charge in [0, 0.05) is 18.5 Å². The maximum atomic E-state index is 12.0. The number of hydrogen-bond donors (Lipinski definition) is 2. The molecule has 1 aromatic heterocycles. The predicted molar refractivity (Wildman–Crippen MR) is 69.5 cm³/mol. The lowest BCUT2D eigenvalue weighted by atomic mass is 10.3. The highest BCUT2D eigenvalue weighted by Gasteiger charge is 2.26. The monoisotopic (exact) mass is 290 g/mol. The van der Waals surface area contributed by atoms with Gasteiger partial charge in [0.25, 0.3) is 0 Å². The first-order valence-corrected chi connectivity index (χ1v) is 7.77. The molecule has 0 amide bonds. The van der Waals surface area contributed by atoms with E-state index in [0.717, 1.165) is 24.2 Å². The van der Waals surface area contributed by atoms with Crippen LogP contribution in [0.15, 0.2) is 10.5 Å². The zero-order valence-corrected chi connectivity index (χ0v) is 11.5. The van der Waals surface area contributed by atoms with Crippen LogP contribution in [0.2, 0.25) is 0 Å². The summed E-state index contributed by atoms with van der Waals surface area (Å²) in [4.78, 5) is 4.05. The number of thiazole rings is 1. The van der Waals surface area contributed by atoms with E-state index in [1.807, 2.05) is 0 Å². The quantitative estimate of drug-likeness (QED) is 0.493. The van der Waals surface area contributed by atoms with Gasteiger partial charge in [-0.25, -0.2) is 9.71 Å². The highest BCUT2D eigenvalue weighted by molar-refractivity contribution is 7.90. The fraction of sp³-hybridized carbons (Fsp3) is 0.556. The highest BCUT2D eigenvalue weighted by atomic mass is 32.2. The summed E-state index contributed by atoms with van der Waals surface area (Å²) in [6.07, 6.45) is 1.78. The molecule has 0 bridgehead atoms. The van der Waals surface area contributed by atoms with E-state index < -0.39 is 10.2 Å². The first kappa shape index (κ1) is 13.2. The number of oxime groups is 1. The molecule has 1 saturated heterocycles. The van der Waals surface area contributed by atoms with Crippen molar-refractivity contribution in [1.29, 1.82) is 0 Å². The number of nitrogens with one attached hydrogen (secondary N) is 1. The second kappa shape index (κ2) is 5.21. The summed E-state index contributed by atoms with van der Waals surface area (Å²) in [7, 11) is -3.50. The van der Waals surface area contributed by atoms with Crippen molar-refractivity contribution in [2.75, 3.05) is 17.8 Å². The highest BCUT2D eigenvalue weighted by Crippen LogP contribution is 2.20. The molecule has 0 saturated carbocycles. The molecule has 0 aliphatic carbocycles. The largest absolute Gasteiger partial charge is 0.411 e. The molecule has 1 aliphatic heterocycles. The SMILES string of the molecule is C/C(=N\O)c1csc(NS(=O)(=O)N2CCCC2)n1. The van der Waals surface area contributed by atoms with E-state index in [1.54, 1.807) is 12.3 Å². The van der Waals surface area contributed by atoms with Crippen LogP contribution in [0.5, 0.6) is 0 Å². The van der Waals surface area contributed by atoms with Gasteiger partial charge in [-0.05, 0) is 19.8 Å². The summed E-state index contributed by atoms with van der Waals surface area (Å²) in [6.45, 7) is 2.68. The fourth-order valence-electron chi connectivity index (χ4n) is 1.64. The van der Waals surface area contributed by atoms with Crippen LogP contribution in [0.4, 0.5) is 5.13 Å². The molecule has 18 heavy (non-hydrogen) atoms. The van der Waals surface area contributed by atoms with Gasteiger partial charge in [-0.1, -0.05) is 5.16 Å². The van der Waals surface area contributed by atoms with Crippen LogP contribution in [0.3, 0.4) is 0 Å². The summed E-state index contributed by atoms with van der Waals surface area (Å²) in [5.74, 6) is 0. The Morgan fingerprint density at radius 3 is 2.83 bits per heavy atom.